The van der Waals surface area contributed by atoms with E-state index in [0.29, 0.717) is 35.3 Å². The molecule has 1 aliphatic heterocycles. The van der Waals surface area contributed by atoms with Gasteiger partial charge in [-0.2, -0.15) is 0 Å². The summed E-state index contributed by atoms with van der Waals surface area (Å²) in [6.45, 7) is 3.88. The Balaban J connectivity index is 1.63. The summed E-state index contributed by atoms with van der Waals surface area (Å²) in [5.74, 6) is 0.984. The summed E-state index contributed by atoms with van der Waals surface area (Å²) in [4.78, 5) is 24.7. The van der Waals surface area contributed by atoms with Crippen molar-refractivity contribution in [2.24, 2.45) is 0 Å². The van der Waals surface area contributed by atoms with Gasteiger partial charge in [-0.3, -0.25) is 4.79 Å². The summed E-state index contributed by atoms with van der Waals surface area (Å²) < 4.78 is 26.4. The normalized spacial score (nSPS) is 12.8. The van der Waals surface area contributed by atoms with Crippen LogP contribution in [0.1, 0.15) is 24.2 Å². The molecule has 1 amide bonds. The second-order valence-corrected chi connectivity index (χ2v) is 5.90. The van der Waals surface area contributed by atoms with Crippen LogP contribution in [-0.4, -0.2) is 38.5 Å². The molecule has 0 saturated heterocycles. The molecule has 2 aromatic rings. The average Bonchev–Trinajstić information content (AvgIpc) is 3.16. The predicted molar refractivity (Wildman–Crippen MR) is 100 cm³/mol. The molecule has 0 fully saturated rings. The maximum Gasteiger partial charge on any atom is 0.339 e. The SMILES string of the molecule is CCOc1cc(C(=O)O[C@H](C)C(=O)Nc2ccc3c(c2)OCO3)ccc1OC. The molecule has 0 saturated carbocycles. The van der Waals surface area contributed by atoms with Crippen molar-refractivity contribution in [1.29, 1.82) is 0 Å². The van der Waals surface area contributed by atoms with E-state index in [9.17, 15) is 9.59 Å². The minimum atomic E-state index is -1.00. The van der Waals surface area contributed by atoms with E-state index >= 15 is 0 Å². The van der Waals surface area contributed by atoms with Crippen molar-refractivity contribution in [1.82, 2.24) is 0 Å². The molecule has 2 aromatic carbocycles. The van der Waals surface area contributed by atoms with E-state index in [0.717, 1.165) is 0 Å². The third-order valence-corrected chi connectivity index (χ3v) is 3.99. The third kappa shape index (κ3) is 4.28. The zero-order valence-corrected chi connectivity index (χ0v) is 15.8. The van der Waals surface area contributed by atoms with Gasteiger partial charge in [0, 0.05) is 11.8 Å². The van der Waals surface area contributed by atoms with Gasteiger partial charge in [-0.25, -0.2) is 4.79 Å². The topological polar surface area (TPSA) is 92.3 Å². The molecule has 1 atom stereocenters. The van der Waals surface area contributed by atoms with Crippen molar-refractivity contribution >= 4 is 17.6 Å². The summed E-state index contributed by atoms with van der Waals surface area (Å²) in [7, 11) is 1.51. The lowest BCUT2D eigenvalue weighted by Gasteiger charge is -2.15. The first kappa shape index (κ1) is 19.3. The number of carbonyl (C=O) groups excluding carboxylic acids is 2. The molecule has 0 aromatic heterocycles. The number of fused-ring (bicyclic) bond motifs is 1. The summed E-state index contributed by atoms with van der Waals surface area (Å²) in [5.41, 5.74) is 0.771. The van der Waals surface area contributed by atoms with Crippen molar-refractivity contribution < 1.29 is 33.3 Å². The second kappa shape index (κ2) is 8.51. The first-order valence-corrected chi connectivity index (χ1v) is 8.74. The average molecular weight is 387 g/mol. The van der Waals surface area contributed by atoms with Crippen molar-refractivity contribution in [3.8, 4) is 23.0 Å². The number of amides is 1. The predicted octanol–water partition coefficient (Wildman–Crippen LogP) is 3.01. The second-order valence-electron chi connectivity index (χ2n) is 5.90. The Labute approximate surface area is 162 Å². The molecule has 8 nitrogen and oxygen atoms in total. The lowest BCUT2D eigenvalue weighted by Crippen LogP contribution is -2.30. The molecule has 0 spiro atoms. The van der Waals surface area contributed by atoms with Crippen LogP contribution in [0.3, 0.4) is 0 Å². The molecule has 1 heterocycles. The van der Waals surface area contributed by atoms with Crippen LogP contribution < -0.4 is 24.3 Å². The fourth-order valence-electron chi connectivity index (χ4n) is 2.57. The molecular formula is C20H21NO7. The van der Waals surface area contributed by atoms with Gasteiger partial charge in [0.25, 0.3) is 5.91 Å². The number of benzene rings is 2. The van der Waals surface area contributed by atoms with Crippen LogP contribution >= 0.6 is 0 Å². The Morgan fingerprint density at radius 1 is 1.11 bits per heavy atom. The van der Waals surface area contributed by atoms with Crippen molar-refractivity contribution in [3.05, 3.63) is 42.0 Å². The molecule has 8 heteroatoms. The highest BCUT2D eigenvalue weighted by Crippen LogP contribution is 2.34. The summed E-state index contributed by atoms with van der Waals surface area (Å²) in [6.07, 6.45) is -1.00. The number of nitrogens with one attached hydrogen (secondary N) is 1. The van der Waals surface area contributed by atoms with E-state index in [1.165, 1.54) is 20.1 Å². The maximum absolute atomic E-state index is 12.4. The number of rotatable bonds is 7. The first-order chi connectivity index (χ1) is 13.5. The van der Waals surface area contributed by atoms with E-state index in [-0.39, 0.29) is 12.4 Å². The number of hydrogen-bond acceptors (Lipinski definition) is 7. The van der Waals surface area contributed by atoms with Crippen LogP contribution in [0.4, 0.5) is 5.69 Å². The van der Waals surface area contributed by atoms with Gasteiger partial charge in [0.15, 0.2) is 29.1 Å². The monoisotopic (exact) mass is 387 g/mol. The molecule has 3 rings (SSSR count). The molecule has 0 radical (unpaired) electrons. The van der Waals surface area contributed by atoms with Crippen LogP contribution in [-0.2, 0) is 9.53 Å². The molecule has 1 aliphatic rings. The zero-order valence-electron chi connectivity index (χ0n) is 15.8. The minimum absolute atomic E-state index is 0.145. The highest BCUT2D eigenvalue weighted by molar-refractivity contribution is 5.97. The highest BCUT2D eigenvalue weighted by Gasteiger charge is 2.21. The molecule has 1 N–H and O–H groups in total. The highest BCUT2D eigenvalue weighted by atomic mass is 16.7. The third-order valence-electron chi connectivity index (χ3n) is 3.99. The minimum Gasteiger partial charge on any atom is -0.493 e. The molecule has 28 heavy (non-hydrogen) atoms. The number of methoxy groups -OCH3 is 1. The van der Waals surface area contributed by atoms with E-state index in [4.69, 9.17) is 23.7 Å². The number of carbonyl (C=O) groups is 2. The van der Waals surface area contributed by atoms with Crippen LogP contribution in [0.5, 0.6) is 23.0 Å². The Kier molecular flexibility index (Phi) is 5.88. The Morgan fingerprint density at radius 2 is 1.89 bits per heavy atom. The van der Waals surface area contributed by atoms with E-state index in [1.807, 2.05) is 6.92 Å². The van der Waals surface area contributed by atoms with Gasteiger partial charge in [-0.15, -0.1) is 0 Å². The Hall–Kier alpha value is -3.42. The van der Waals surface area contributed by atoms with E-state index in [1.54, 1.807) is 30.3 Å². The zero-order chi connectivity index (χ0) is 20.1. The fourth-order valence-corrected chi connectivity index (χ4v) is 2.57. The summed E-state index contributed by atoms with van der Waals surface area (Å²) >= 11 is 0. The standard InChI is InChI=1S/C20H21NO7/c1-4-25-17-9-13(5-7-15(17)24-3)20(23)28-12(2)19(22)21-14-6-8-16-18(10-14)27-11-26-16/h5-10,12H,4,11H2,1-3H3,(H,21,22)/t12-/m1/s1. The Bertz CT molecular complexity index is 881. The van der Waals surface area contributed by atoms with E-state index in [2.05, 4.69) is 5.32 Å². The molecule has 0 unspecified atom stereocenters. The molecular weight excluding hydrogens is 366 g/mol. The summed E-state index contributed by atoms with van der Waals surface area (Å²) in [5, 5.41) is 2.68. The van der Waals surface area contributed by atoms with Gasteiger partial charge in [0.2, 0.25) is 6.79 Å². The van der Waals surface area contributed by atoms with Gasteiger partial charge < -0.3 is 29.0 Å². The van der Waals surface area contributed by atoms with Gasteiger partial charge >= 0.3 is 5.97 Å². The smallest absolute Gasteiger partial charge is 0.339 e. The van der Waals surface area contributed by atoms with Crippen molar-refractivity contribution in [2.75, 3.05) is 25.8 Å². The number of hydrogen-bond donors (Lipinski definition) is 1. The quantitative estimate of drug-likeness (QED) is 0.730. The number of esters is 1. The van der Waals surface area contributed by atoms with Crippen LogP contribution in [0.2, 0.25) is 0 Å². The molecule has 148 valence electrons. The summed E-state index contributed by atoms with van der Waals surface area (Å²) in [6, 6.07) is 9.70. The van der Waals surface area contributed by atoms with Crippen molar-refractivity contribution in [3.63, 3.8) is 0 Å². The van der Waals surface area contributed by atoms with Gasteiger partial charge in [0.05, 0.1) is 19.3 Å². The van der Waals surface area contributed by atoms with Crippen LogP contribution in [0.25, 0.3) is 0 Å². The first-order valence-electron chi connectivity index (χ1n) is 8.74. The molecule has 0 bridgehead atoms. The van der Waals surface area contributed by atoms with E-state index < -0.39 is 18.0 Å². The maximum atomic E-state index is 12.4. The largest absolute Gasteiger partial charge is 0.493 e. The van der Waals surface area contributed by atoms with Gasteiger partial charge in [0.1, 0.15) is 0 Å². The lowest BCUT2D eigenvalue weighted by molar-refractivity contribution is -0.123. The lowest BCUT2D eigenvalue weighted by atomic mass is 10.2. The van der Waals surface area contributed by atoms with Crippen LogP contribution in [0, 0.1) is 0 Å². The van der Waals surface area contributed by atoms with Crippen LogP contribution in [0.15, 0.2) is 36.4 Å². The fraction of sp³-hybridized carbons (Fsp3) is 0.300. The number of ether oxygens (including phenoxy) is 5. The molecule has 0 aliphatic carbocycles. The number of anilines is 1. The van der Waals surface area contributed by atoms with Gasteiger partial charge in [-0.1, -0.05) is 0 Å². The Morgan fingerprint density at radius 3 is 2.64 bits per heavy atom. The van der Waals surface area contributed by atoms with Crippen molar-refractivity contribution in [2.45, 2.75) is 20.0 Å². The van der Waals surface area contributed by atoms with Gasteiger partial charge in [-0.05, 0) is 44.2 Å².